The Hall–Kier alpha value is -2.27. The molecule has 1 atom stereocenters. The highest BCUT2D eigenvalue weighted by atomic mass is 32.1. The summed E-state index contributed by atoms with van der Waals surface area (Å²) in [4.78, 5) is 23.1. The second kappa shape index (κ2) is 8.17. The minimum atomic E-state index is -0.0816. The first-order valence-electron chi connectivity index (χ1n) is 9.79. The number of aromatic amines is 2. The summed E-state index contributed by atoms with van der Waals surface area (Å²) in [6.07, 6.45) is 17.0. The Morgan fingerprint density at radius 3 is 2.67 bits per heavy atom. The molecule has 0 spiro atoms. The van der Waals surface area contributed by atoms with Gasteiger partial charge in [-0.3, -0.25) is 14.8 Å². The molecule has 27 heavy (non-hydrogen) atoms. The number of hydrogen-bond acceptors (Lipinski definition) is 3. The van der Waals surface area contributed by atoms with E-state index in [1.54, 1.807) is 6.20 Å². The molecule has 0 amide bonds. The van der Waals surface area contributed by atoms with Crippen molar-refractivity contribution < 1.29 is 0 Å². The lowest BCUT2D eigenvalue weighted by atomic mass is 9.72. The monoisotopic (exact) mass is 379 g/mol. The lowest BCUT2D eigenvalue weighted by Gasteiger charge is -2.33. The van der Waals surface area contributed by atoms with Crippen LogP contribution in [-0.4, -0.2) is 15.0 Å². The molecule has 2 aliphatic carbocycles. The molecule has 0 aliphatic heterocycles. The van der Waals surface area contributed by atoms with Gasteiger partial charge in [-0.2, -0.15) is 0 Å². The van der Waals surface area contributed by atoms with Crippen LogP contribution in [0, 0.1) is 16.6 Å². The zero-order chi connectivity index (χ0) is 18.6. The first-order chi connectivity index (χ1) is 13.2. The van der Waals surface area contributed by atoms with Crippen molar-refractivity contribution in [1.29, 1.82) is 0 Å². The highest BCUT2D eigenvalue weighted by Crippen LogP contribution is 2.40. The number of hydrogen-bond donors (Lipinski definition) is 2. The Kier molecular flexibility index (Phi) is 5.48. The van der Waals surface area contributed by atoms with Gasteiger partial charge in [0.2, 0.25) is 0 Å². The Morgan fingerprint density at radius 2 is 1.96 bits per heavy atom. The van der Waals surface area contributed by atoms with Gasteiger partial charge in [0, 0.05) is 29.6 Å². The molecule has 2 aliphatic rings. The summed E-state index contributed by atoms with van der Waals surface area (Å²) in [6, 6.07) is 5.81. The Labute approximate surface area is 164 Å². The molecule has 5 heteroatoms. The summed E-state index contributed by atoms with van der Waals surface area (Å²) in [6.45, 7) is 0. The van der Waals surface area contributed by atoms with Gasteiger partial charge >= 0.3 is 0 Å². The Balaban J connectivity index is 1.55. The van der Waals surface area contributed by atoms with Crippen LogP contribution in [0.1, 0.15) is 55.0 Å². The fourth-order valence-electron chi connectivity index (χ4n) is 4.52. The second-order valence-corrected chi connectivity index (χ2v) is 8.03. The van der Waals surface area contributed by atoms with Gasteiger partial charge in [0.05, 0.1) is 0 Å². The molecular formula is C22H25N3OS. The Morgan fingerprint density at radius 1 is 1.11 bits per heavy atom. The number of pyridine rings is 1. The standard InChI is InChI=1S/C22H25N3OS/c26-21-19(14-18-8-4-5-13-23-18)20(24-22(27)25-21)17-11-9-16(10-12-17)15-6-2-1-3-7-15/h1-6,8,13,15-17H,7,9-12,14H2,(H2,24,25,26,27)/t15?,16-,17-. The summed E-state index contributed by atoms with van der Waals surface area (Å²) in [5.41, 5.74) is 2.63. The zero-order valence-electron chi connectivity index (χ0n) is 15.4. The van der Waals surface area contributed by atoms with Crippen molar-refractivity contribution in [1.82, 2.24) is 15.0 Å². The van der Waals surface area contributed by atoms with E-state index in [1.807, 2.05) is 18.2 Å². The van der Waals surface area contributed by atoms with Crippen LogP contribution in [0.25, 0.3) is 0 Å². The van der Waals surface area contributed by atoms with Gasteiger partial charge in [-0.25, -0.2) is 0 Å². The molecule has 1 fully saturated rings. The summed E-state index contributed by atoms with van der Waals surface area (Å²) in [5.74, 6) is 1.78. The fraction of sp³-hybridized carbons (Fsp3) is 0.409. The minimum absolute atomic E-state index is 0.0816. The van der Waals surface area contributed by atoms with Crippen LogP contribution in [0.2, 0.25) is 0 Å². The van der Waals surface area contributed by atoms with E-state index in [0.29, 0.717) is 23.0 Å². The van der Waals surface area contributed by atoms with Crippen molar-refractivity contribution in [3.05, 3.63) is 80.8 Å². The van der Waals surface area contributed by atoms with E-state index in [2.05, 4.69) is 39.3 Å². The summed E-state index contributed by atoms with van der Waals surface area (Å²) >= 11 is 5.26. The maximum atomic E-state index is 12.6. The van der Waals surface area contributed by atoms with Crippen LogP contribution in [0.3, 0.4) is 0 Å². The van der Waals surface area contributed by atoms with Gasteiger partial charge in [-0.05, 0) is 74.2 Å². The molecule has 0 radical (unpaired) electrons. The van der Waals surface area contributed by atoms with Crippen molar-refractivity contribution in [2.24, 2.45) is 11.8 Å². The number of aromatic nitrogens is 3. The van der Waals surface area contributed by atoms with Gasteiger partial charge in [0.1, 0.15) is 0 Å². The van der Waals surface area contributed by atoms with Gasteiger partial charge in [0.25, 0.3) is 5.56 Å². The Bertz CT molecular complexity index is 950. The van der Waals surface area contributed by atoms with Crippen LogP contribution in [0.15, 0.2) is 53.5 Å². The SMILES string of the molecule is O=c1[nH]c(=S)[nH]c([C@H]2CC[C@H](C3C=CC=CC3)CC2)c1Cc1ccccn1. The lowest BCUT2D eigenvalue weighted by Crippen LogP contribution is -2.25. The van der Waals surface area contributed by atoms with Crippen molar-refractivity contribution >= 4 is 12.2 Å². The largest absolute Gasteiger partial charge is 0.335 e. The second-order valence-electron chi connectivity index (χ2n) is 7.62. The van der Waals surface area contributed by atoms with E-state index in [1.165, 1.54) is 12.8 Å². The number of nitrogens with one attached hydrogen (secondary N) is 2. The highest BCUT2D eigenvalue weighted by Gasteiger charge is 2.29. The average molecular weight is 380 g/mol. The van der Waals surface area contributed by atoms with Crippen LogP contribution < -0.4 is 5.56 Å². The van der Waals surface area contributed by atoms with Crippen LogP contribution in [0.4, 0.5) is 0 Å². The molecule has 140 valence electrons. The minimum Gasteiger partial charge on any atom is -0.335 e. The maximum Gasteiger partial charge on any atom is 0.255 e. The first-order valence-corrected chi connectivity index (χ1v) is 10.2. The summed E-state index contributed by atoms with van der Waals surface area (Å²) in [7, 11) is 0. The molecule has 4 nitrogen and oxygen atoms in total. The fourth-order valence-corrected chi connectivity index (χ4v) is 4.73. The normalized spacial score (nSPS) is 24.8. The van der Waals surface area contributed by atoms with E-state index < -0.39 is 0 Å². The van der Waals surface area contributed by atoms with Crippen molar-refractivity contribution in [2.75, 3.05) is 0 Å². The predicted molar refractivity (Wildman–Crippen MR) is 110 cm³/mol. The van der Waals surface area contributed by atoms with Gasteiger partial charge in [-0.1, -0.05) is 30.4 Å². The van der Waals surface area contributed by atoms with Crippen LogP contribution >= 0.6 is 12.2 Å². The molecule has 4 rings (SSSR count). The van der Waals surface area contributed by atoms with Gasteiger partial charge < -0.3 is 4.98 Å². The highest BCUT2D eigenvalue weighted by molar-refractivity contribution is 7.71. The maximum absolute atomic E-state index is 12.6. The molecule has 0 saturated heterocycles. The van der Waals surface area contributed by atoms with E-state index in [0.717, 1.165) is 42.1 Å². The zero-order valence-corrected chi connectivity index (χ0v) is 16.2. The van der Waals surface area contributed by atoms with Crippen molar-refractivity contribution in [3.8, 4) is 0 Å². The summed E-state index contributed by atoms with van der Waals surface area (Å²) in [5, 5.41) is 0. The molecule has 0 aromatic carbocycles. The smallest absolute Gasteiger partial charge is 0.255 e. The molecular weight excluding hydrogens is 354 g/mol. The van der Waals surface area contributed by atoms with E-state index in [-0.39, 0.29) is 5.56 Å². The molecule has 2 N–H and O–H groups in total. The van der Waals surface area contributed by atoms with Crippen molar-refractivity contribution in [2.45, 2.75) is 44.4 Å². The quantitative estimate of drug-likeness (QED) is 0.748. The number of rotatable bonds is 4. The molecule has 2 aromatic rings. The number of H-pyrrole nitrogens is 2. The lowest BCUT2D eigenvalue weighted by molar-refractivity contribution is 0.262. The summed E-state index contributed by atoms with van der Waals surface area (Å²) < 4.78 is 0.419. The number of allylic oxidation sites excluding steroid dienone is 4. The third kappa shape index (κ3) is 4.19. The van der Waals surface area contributed by atoms with Crippen LogP contribution in [-0.2, 0) is 6.42 Å². The third-order valence-electron chi connectivity index (χ3n) is 5.96. The van der Waals surface area contributed by atoms with Crippen LogP contribution in [0.5, 0.6) is 0 Å². The van der Waals surface area contributed by atoms with E-state index in [9.17, 15) is 4.79 Å². The van der Waals surface area contributed by atoms with E-state index in [4.69, 9.17) is 12.2 Å². The molecule has 2 heterocycles. The molecule has 0 bridgehead atoms. The van der Waals surface area contributed by atoms with Crippen molar-refractivity contribution in [3.63, 3.8) is 0 Å². The predicted octanol–water partition coefficient (Wildman–Crippen LogP) is 4.82. The number of nitrogens with zero attached hydrogens (tertiary/aromatic N) is 1. The average Bonchev–Trinajstić information content (AvgIpc) is 2.71. The first kappa shape index (κ1) is 18.1. The van der Waals surface area contributed by atoms with Gasteiger partial charge in [0.15, 0.2) is 4.77 Å². The van der Waals surface area contributed by atoms with E-state index >= 15 is 0 Å². The van der Waals surface area contributed by atoms with Gasteiger partial charge in [-0.15, -0.1) is 0 Å². The molecule has 1 saturated carbocycles. The third-order valence-corrected chi connectivity index (χ3v) is 6.16. The molecule has 1 unspecified atom stereocenters. The molecule has 2 aromatic heterocycles. The topological polar surface area (TPSA) is 61.5 Å².